The minimum atomic E-state index is 0.0169. The normalized spacial score (nSPS) is 11.3. The van der Waals surface area contributed by atoms with Crippen molar-refractivity contribution < 1.29 is 4.74 Å². The zero-order valence-electron chi connectivity index (χ0n) is 6.62. The van der Waals surface area contributed by atoms with Crippen molar-refractivity contribution in [2.45, 2.75) is 0 Å². The summed E-state index contributed by atoms with van der Waals surface area (Å²) >= 11 is 5.39. The second-order valence-electron chi connectivity index (χ2n) is 2.14. The fourth-order valence-corrected chi connectivity index (χ4v) is 0.901. The van der Waals surface area contributed by atoms with Gasteiger partial charge in [0.2, 0.25) is 0 Å². The summed E-state index contributed by atoms with van der Waals surface area (Å²) in [5, 5.41) is 0.0169. The van der Waals surface area contributed by atoms with Crippen molar-refractivity contribution >= 4 is 22.6 Å². The van der Waals surface area contributed by atoms with Crippen LogP contribution in [0.4, 0.5) is 5.69 Å². The molecule has 1 aromatic rings. The van der Waals surface area contributed by atoms with Gasteiger partial charge in [-0.15, -0.1) is 0 Å². The summed E-state index contributed by atoms with van der Waals surface area (Å²) in [6.45, 7) is 0. The minimum absolute atomic E-state index is 0.0169. The van der Waals surface area contributed by atoms with Crippen LogP contribution in [0.1, 0.15) is 0 Å². The van der Waals surface area contributed by atoms with Crippen LogP contribution in [0, 0.1) is 0 Å². The van der Waals surface area contributed by atoms with Crippen LogP contribution in [-0.2, 0) is 0 Å². The summed E-state index contributed by atoms with van der Waals surface area (Å²) in [6, 6.07) is 7.17. The number of nitrogens with two attached hydrogens (primary N) is 1. The molecule has 0 heterocycles. The summed E-state index contributed by atoms with van der Waals surface area (Å²) in [5.41, 5.74) is 5.87. The van der Waals surface area contributed by atoms with Crippen LogP contribution in [0.5, 0.6) is 5.75 Å². The molecular weight excluding hydrogens is 176 g/mol. The summed E-state index contributed by atoms with van der Waals surface area (Å²) in [7, 11) is 1.59. The first-order valence-electron chi connectivity index (χ1n) is 3.36. The van der Waals surface area contributed by atoms with Crippen LogP contribution >= 0.6 is 11.6 Å². The van der Waals surface area contributed by atoms with Crippen LogP contribution in [-0.4, -0.2) is 12.4 Å². The van der Waals surface area contributed by atoms with Crippen molar-refractivity contribution in [2.75, 3.05) is 7.11 Å². The summed E-state index contributed by atoms with van der Waals surface area (Å²) < 4.78 is 4.98. The SMILES string of the molecule is COc1cccc(N=C(N)Cl)c1. The van der Waals surface area contributed by atoms with E-state index in [1.165, 1.54) is 0 Å². The molecule has 0 radical (unpaired) electrons. The van der Waals surface area contributed by atoms with Gasteiger partial charge in [0.25, 0.3) is 0 Å². The number of halogens is 1. The zero-order valence-corrected chi connectivity index (χ0v) is 7.38. The highest BCUT2D eigenvalue weighted by atomic mass is 35.5. The topological polar surface area (TPSA) is 47.6 Å². The largest absolute Gasteiger partial charge is 0.497 e. The first kappa shape index (κ1) is 8.87. The highest BCUT2D eigenvalue weighted by Gasteiger charge is 1.93. The molecule has 0 amide bonds. The first-order valence-corrected chi connectivity index (χ1v) is 3.74. The Labute approximate surface area is 75.8 Å². The lowest BCUT2D eigenvalue weighted by molar-refractivity contribution is 0.415. The van der Waals surface area contributed by atoms with E-state index in [9.17, 15) is 0 Å². The van der Waals surface area contributed by atoms with E-state index < -0.39 is 0 Å². The van der Waals surface area contributed by atoms with Gasteiger partial charge in [-0.2, -0.15) is 0 Å². The number of hydrogen-bond donors (Lipinski definition) is 1. The summed E-state index contributed by atoms with van der Waals surface area (Å²) in [5.74, 6) is 0.731. The molecule has 2 N–H and O–H groups in total. The molecule has 0 aliphatic carbocycles. The molecule has 0 aliphatic heterocycles. The Bertz CT molecular complexity index is 295. The average molecular weight is 185 g/mol. The Kier molecular flexibility index (Phi) is 2.94. The van der Waals surface area contributed by atoms with Crippen LogP contribution < -0.4 is 10.5 Å². The van der Waals surface area contributed by atoms with Crippen molar-refractivity contribution in [1.29, 1.82) is 0 Å². The van der Waals surface area contributed by atoms with Crippen molar-refractivity contribution in [3.05, 3.63) is 24.3 Å². The predicted molar refractivity (Wildman–Crippen MR) is 50.1 cm³/mol. The lowest BCUT2D eigenvalue weighted by atomic mass is 10.3. The molecule has 64 valence electrons. The lowest BCUT2D eigenvalue weighted by Crippen LogP contribution is -1.99. The fraction of sp³-hybridized carbons (Fsp3) is 0.125. The standard InChI is InChI=1S/C8H9ClN2O/c1-12-7-4-2-3-6(5-7)11-8(9)10/h2-5H,1H3,(H2,10,11). The third-order valence-corrected chi connectivity index (χ3v) is 1.37. The number of amidine groups is 1. The van der Waals surface area contributed by atoms with Crippen LogP contribution in [0.25, 0.3) is 0 Å². The quantitative estimate of drug-likeness (QED) is 0.434. The van der Waals surface area contributed by atoms with Gasteiger partial charge in [0.05, 0.1) is 12.8 Å². The van der Waals surface area contributed by atoms with Crippen molar-refractivity contribution in [2.24, 2.45) is 10.7 Å². The monoisotopic (exact) mass is 184 g/mol. The molecule has 0 unspecified atom stereocenters. The predicted octanol–water partition coefficient (Wildman–Crippen LogP) is 1.88. The fourth-order valence-electron chi connectivity index (χ4n) is 0.803. The Morgan fingerprint density at radius 2 is 2.33 bits per heavy atom. The maximum absolute atomic E-state index is 5.39. The van der Waals surface area contributed by atoms with E-state index in [0.717, 1.165) is 5.75 Å². The van der Waals surface area contributed by atoms with Gasteiger partial charge in [-0.3, -0.25) is 0 Å². The average Bonchev–Trinajstić information content (AvgIpc) is 2.03. The molecule has 12 heavy (non-hydrogen) atoms. The molecule has 1 rings (SSSR count). The van der Waals surface area contributed by atoms with E-state index in [-0.39, 0.29) is 5.29 Å². The summed E-state index contributed by atoms with van der Waals surface area (Å²) in [6.07, 6.45) is 0. The van der Waals surface area contributed by atoms with Gasteiger partial charge in [-0.25, -0.2) is 4.99 Å². The molecule has 0 aliphatic rings. The Balaban J connectivity index is 2.94. The van der Waals surface area contributed by atoms with E-state index in [1.54, 1.807) is 19.2 Å². The molecule has 0 atom stereocenters. The van der Waals surface area contributed by atoms with Crippen LogP contribution in [0.2, 0.25) is 0 Å². The van der Waals surface area contributed by atoms with Gasteiger partial charge in [0.15, 0.2) is 5.29 Å². The van der Waals surface area contributed by atoms with Gasteiger partial charge in [0.1, 0.15) is 5.75 Å². The number of benzene rings is 1. The van der Waals surface area contributed by atoms with Gasteiger partial charge >= 0.3 is 0 Å². The molecule has 1 aromatic carbocycles. The molecule has 0 saturated carbocycles. The maximum Gasteiger partial charge on any atom is 0.193 e. The van der Waals surface area contributed by atoms with Crippen molar-refractivity contribution in [1.82, 2.24) is 0 Å². The number of hydrogen-bond acceptors (Lipinski definition) is 2. The van der Waals surface area contributed by atoms with Crippen molar-refractivity contribution in [3.8, 4) is 5.75 Å². The van der Waals surface area contributed by atoms with E-state index in [0.29, 0.717) is 5.69 Å². The molecule has 0 fully saturated rings. The third kappa shape index (κ3) is 2.43. The molecular formula is C8H9ClN2O. The van der Waals surface area contributed by atoms with E-state index in [1.807, 2.05) is 12.1 Å². The second-order valence-corrected chi connectivity index (χ2v) is 2.52. The minimum Gasteiger partial charge on any atom is -0.497 e. The third-order valence-electron chi connectivity index (χ3n) is 1.29. The Morgan fingerprint density at radius 1 is 1.58 bits per heavy atom. The Hall–Kier alpha value is -1.22. The van der Waals surface area contributed by atoms with Crippen molar-refractivity contribution in [3.63, 3.8) is 0 Å². The van der Waals surface area contributed by atoms with E-state index >= 15 is 0 Å². The summed E-state index contributed by atoms with van der Waals surface area (Å²) in [4.78, 5) is 3.85. The smallest absolute Gasteiger partial charge is 0.193 e. The van der Waals surface area contributed by atoms with Crippen LogP contribution in [0.3, 0.4) is 0 Å². The van der Waals surface area contributed by atoms with Gasteiger partial charge in [0, 0.05) is 6.07 Å². The highest BCUT2D eigenvalue weighted by molar-refractivity contribution is 6.64. The van der Waals surface area contributed by atoms with Crippen LogP contribution in [0.15, 0.2) is 29.3 Å². The van der Waals surface area contributed by atoms with Gasteiger partial charge in [-0.05, 0) is 23.7 Å². The second kappa shape index (κ2) is 3.97. The molecule has 0 aromatic heterocycles. The number of nitrogens with zero attached hydrogens (tertiary/aromatic N) is 1. The first-order chi connectivity index (χ1) is 5.72. The van der Waals surface area contributed by atoms with Gasteiger partial charge in [-0.1, -0.05) is 6.07 Å². The molecule has 3 nitrogen and oxygen atoms in total. The maximum atomic E-state index is 5.39. The van der Waals surface area contributed by atoms with E-state index in [2.05, 4.69) is 4.99 Å². The molecule has 0 bridgehead atoms. The number of ether oxygens (including phenoxy) is 1. The zero-order chi connectivity index (χ0) is 8.97. The lowest BCUT2D eigenvalue weighted by Gasteiger charge is -1.99. The number of methoxy groups -OCH3 is 1. The molecule has 0 spiro atoms. The molecule has 4 heteroatoms. The number of aliphatic imine (C=N–C) groups is 1. The van der Waals surface area contributed by atoms with Gasteiger partial charge < -0.3 is 10.5 Å². The Morgan fingerprint density at radius 3 is 2.92 bits per heavy atom. The van der Waals surface area contributed by atoms with E-state index in [4.69, 9.17) is 22.1 Å². The highest BCUT2D eigenvalue weighted by Crippen LogP contribution is 2.19. The number of rotatable bonds is 2. The molecule has 0 saturated heterocycles.